The zero-order chi connectivity index (χ0) is 22.2. The van der Waals surface area contributed by atoms with Crippen LogP contribution < -0.4 is 25.6 Å². The molecular formula is C24H26N4O3. The van der Waals surface area contributed by atoms with Crippen molar-refractivity contribution >= 4 is 34.6 Å². The summed E-state index contributed by atoms with van der Waals surface area (Å²) in [7, 11) is 5.50. The molecule has 31 heavy (non-hydrogen) atoms. The minimum Gasteiger partial charge on any atom is -0.497 e. The van der Waals surface area contributed by atoms with Gasteiger partial charge in [-0.15, -0.1) is 0 Å². The van der Waals surface area contributed by atoms with E-state index in [1.807, 2.05) is 49.3 Å². The third kappa shape index (κ3) is 5.99. The van der Waals surface area contributed by atoms with E-state index in [2.05, 4.69) is 16.0 Å². The molecule has 0 radical (unpaired) electrons. The molecule has 3 N–H and O–H groups in total. The van der Waals surface area contributed by atoms with Crippen molar-refractivity contribution in [1.29, 1.82) is 0 Å². The fourth-order valence-electron chi connectivity index (χ4n) is 2.93. The standard InChI is InChI=1S/C24H26N4O3/c1-28(2)19-12-8-17(9-13-19)26-23(29)16-25-22-7-5-4-6-21(22)24(30)27-18-10-14-20(31-3)15-11-18/h4-15,25H,16H2,1-3H3,(H,26,29)(H,27,30). The Morgan fingerprint density at radius 2 is 1.45 bits per heavy atom. The highest BCUT2D eigenvalue weighted by Crippen LogP contribution is 2.20. The summed E-state index contributed by atoms with van der Waals surface area (Å²) < 4.78 is 5.13. The highest BCUT2D eigenvalue weighted by Gasteiger charge is 2.12. The van der Waals surface area contributed by atoms with E-state index >= 15 is 0 Å². The topological polar surface area (TPSA) is 82.7 Å². The van der Waals surface area contributed by atoms with E-state index in [-0.39, 0.29) is 18.4 Å². The van der Waals surface area contributed by atoms with Gasteiger partial charge in [-0.1, -0.05) is 12.1 Å². The van der Waals surface area contributed by atoms with Gasteiger partial charge >= 0.3 is 0 Å². The predicted molar refractivity (Wildman–Crippen MR) is 125 cm³/mol. The largest absolute Gasteiger partial charge is 0.497 e. The number of amides is 2. The lowest BCUT2D eigenvalue weighted by Crippen LogP contribution is -2.23. The smallest absolute Gasteiger partial charge is 0.257 e. The van der Waals surface area contributed by atoms with E-state index in [9.17, 15) is 9.59 Å². The maximum atomic E-state index is 12.7. The van der Waals surface area contributed by atoms with Crippen molar-refractivity contribution in [3.63, 3.8) is 0 Å². The Morgan fingerprint density at radius 1 is 0.839 bits per heavy atom. The molecule has 0 aliphatic rings. The van der Waals surface area contributed by atoms with Crippen molar-refractivity contribution in [2.45, 2.75) is 0 Å². The fraction of sp³-hybridized carbons (Fsp3) is 0.167. The zero-order valence-electron chi connectivity index (χ0n) is 17.8. The number of nitrogens with zero attached hydrogens (tertiary/aromatic N) is 1. The molecule has 0 atom stereocenters. The molecule has 160 valence electrons. The summed E-state index contributed by atoms with van der Waals surface area (Å²) in [6, 6.07) is 21.7. The molecule has 7 heteroatoms. The van der Waals surface area contributed by atoms with Gasteiger partial charge in [0.25, 0.3) is 5.91 Å². The number of anilines is 4. The summed E-state index contributed by atoms with van der Waals surface area (Å²) >= 11 is 0. The number of benzene rings is 3. The van der Waals surface area contributed by atoms with Crippen LogP contribution in [-0.4, -0.2) is 39.6 Å². The highest BCUT2D eigenvalue weighted by atomic mass is 16.5. The number of nitrogens with one attached hydrogen (secondary N) is 3. The van der Waals surface area contributed by atoms with Crippen LogP contribution in [0.15, 0.2) is 72.8 Å². The van der Waals surface area contributed by atoms with E-state index in [1.165, 1.54) is 0 Å². The second-order valence-electron chi connectivity index (χ2n) is 7.07. The average Bonchev–Trinajstić information content (AvgIpc) is 2.78. The van der Waals surface area contributed by atoms with Crippen LogP contribution in [0.5, 0.6) is 5.75 Å². The van der Waals surface area contributed by atoms with Gasteiger partial charge in [-0.25, -0.2) is 0 Å². The Morgan fingerprint density at radius 3 is 2.10 bits per heavy atom. The predicted octanol–water partition coefficient (Wildman–Crippen LogP) is 4.06. The molecule has 0 heterocycles. The summed E-state index contributed by atoms with van der Waals surface area (Å²) in [5, 5.41) is 8.74. The third-order valence-corrected chi connectivity index (χ3v) is 4.63. The van der Waals surface area contributed by atoms with E-state index in [4.69, 9.17) is 4.74 Å². The second-order valence-corrected chi connectivity index (χ2v) is 7.07. The summed E-state index contributed by atoms with van der Waals surface area (Å²) in [5.41, 5.74) is 3.43. The van der Waals surface area contributed by atoms with Crippen LogP contribution in [-0.2, 0) is 4.79 Å². The number of hydrogen-bond donors (Lipinski definition) is 3. The Labute approximate surface area is 182 Å². The van der Waals surface area contributed by atoms with Crippen LogP contribution in [0.25, 0.3) is 0 Å². The van der Waals surface area contributed by atoms with E-state index in [1.54, 1.807) is 49.6 Å². The summed E-state index contributed by atoms with van der Waals surface area (Å²) in [5.74, 6) is 0.235. The zero-order valence-corrected chi connectivity index (χ0v) is 17.8. The highest BCUT2D eigenvalue weighted by molar-refractivity contribution is 6.08. The van der Waals surface area contributed by atoms with Crippen molar-refractivity contribution in [2.24, 2.45) is 0 Å². The van der Waals surface area contributed by atoms with Gasteiger partial charge in [-0.3, -0.25) is 9.59 Å². The van der Waals surface area contributed by atoms with Gasteiger partial charge in [0.1, 0.15) is 5.75 Å². The molecule has 0 aliphatic heterocycles. The minimum absolute atomic E-state index is 0.0300. The van der Waals surface area contributed by atoms with Crippen molar-refractivity contribution in [2.75, 3.05) is 48.6 Å². The lowest BCUT2D eigenvalue weighted by atomic mass is 10.1. The summed E-state index contributed by atoms with van der Waals surface area (Å²) in [4.78, 5) is 27.1. The molecule has 0 fully saturated rings. The van der Waals surface area contributed by atoms with Gasteiger partial charge in [0, 0.05) is 36.8 Å². The van der Waals surface area contributed by atoms with E-state index < -0.39 is 0 Å². The number of carbonyl (C=O) groups is 2. The number of carbonyl (C=O) groups excluding carboxylic acids is 2. The number of para-hydroxylation sites is 1. The van der Waals surface area contributed by atoms with Gasteiger partial charge in [0.2, 0.25) is 5.91 Å². The number of rotatable bonds is 8. The quantitative estimate of drug-likeness (QED) is 0.514. The first kappa shape index (κ1) is 21.7. The SMILES string of the molecule is COc1ccc(NC(=O)c2ccccc2NCC(=O)Nc2ccc(N(C)C)cc2)cc1. The van der Waals surface area contributed by atoms with E-state index in [0.717, 1.165) is 5.69 Å². The van der Waals surface area contributed by atoms with Crippen LogP contribution in [0, 0.1) is 0 Å². The summed E-state index contributed by atoms with van der Waals surface area (Å²) in [6.07, 6.45) is 0. The maximum absolute atomic E-state index is 12.7. The molecule has 0 saturated heterocycles. The van der Waals surface area contributed by atoms with Crippen molar-refractivity contribution in [3.8, 4) is 5.75 Å². The lowest BCUT2D eigenvalue weighted by molar-refractivity contribution is -0.114. The molecule has 0 saturated carbocycles. The van der Waals surface area contributed by atoms with Gasteiger partial charge in [-0.05, 0) is 60.7 Å². The lowest BCUT2D eigenvalue weighted by Gasteiger charge is -2.14. The summed E-state index contributed by atoms with van der Waals surface area (Å²) in [6.45, 7) is 0.0300. The molecule has 3 rings (SSSR count). The van der Waals surface area contributed by atoms with Crippen molar-refractivity contribution in [1.82, 2.24) is 0 Å². The van der Waals surface area contributed by atoms with Crippen molar-refractivity contribution < 1.29 is 14.3 Å². The second kappa shape index (κ2) is 10.2. The Kier molecular flexibility index (Phi) is 7.11. The molecule has 2 amide bonds. The van der Waals surface area contributed by atoms with Gasteiger partial charge < -0.3 is 25.6 Å². The molecule has 0 unspecified atom stereocenters. The molecular weight excluding hydrogens is 392 g/mol. The normalized spacial score (nSPS) is 10.2. The Hall–Kier alpha value is -4.00. The first-order valence-corrected chi connectivity index (χ1v) is 9.82. The monoisotopic (exact) mass is 418 g/mol. The van der Waals surface area contributed by atoms with Gasteiger partial charge in [-0.2, -0.15) is 0 Å². The number of ether oxygens (including phenoxy) is 1. The van der Waals surface area contributed by atoms with Gasteiger partial charge in [0.15, 0.2) is 0 Å². The molecule has 7 nitrogen and oxygen atoms in total. The minimum atomic E-state index is -0.270. The number of methoxy groups -OCH3 is 1. The number of hydrogen-bond acceptors (Lipinski definition) is 5. The molecule has 0 aromatic heterocycles. The van der Waals surface area contributed by atoms with Gasteiger partial charge in [0.05, 0.1) is 19.2 Å². The molecule has 3 aromatic carbocycles. The molecule has 0 bridgehead atoms. The van der Waals surface area contributed by atoms with Crippen molar-refractivity contribution in [3.05, 3.63) is 78.4 Å². The molecule has 0 spiro atoms. The molecule has 3 aromatic rings. The van der Waals surface area contributed by atoms with Crippen LogP contribution in [0.4, 0.5) is 22.7 Å². The van der Waals surface area contributed by atoms with E-state index in [0.29, 0.717) is 28.4 Å². The third-order valence-electron chi connectivity index (χ3n) is 4.63. The van der Waals surface area contributed by atoms with Crippen LogP contribution >= 0.6 is 0 Å². The first-order chi connectivity index (χ1) is 15.0. The fourth-order valence-corrected chi connectivity index (χ4v) is 2.93. The Bertz CT molecular complexity index is 1030. The molecule has 0 aliphatic carbocycles. The van der Waals surface area contributed by atoms with Crippen LogP contribution in [0.2, 0.25) is 0 Å². The maximum Gasteiger partial charge on any atom is 0.257 e. The van der Waals surface area contributed by atoms with Crippen LogP contribution in [0.3, 0.4) is 0 Å². The first-order valence-electron chi connectivity index (χ1n) is 9.82. The Balaban J connectivity index is 1.60. The average molecular weight is 418 g/mol. The van der Waals surface area contributed by atoms with Crippen LogP contribution in [0.1, 0.15) is 10.4 Å².